The van der Waals surface area contributed by atoms with Crippen LogP contribution in [-0.4, -0.2) is 32.6 Å². The fourth-order valence-electron chi connectivity index (χ4n) is 1.60. The zero-order valence-corrected chi connectivity index (χ0v) is 13.1. The van der Waals surface area contributed by atoms with E-state index in [2.05, 4.69) is 31.2 Å². The number of hydrogen-bond acceptors (Lipinski definition) is 5. The normalized spacial score (nSPS) is 10.6. The minimum absolute atomic E-state index is 0.123. The van der Waals surface area contributed by atoms with E-state index in [1.54, 1.807) is 17.8 Å². The number of pyridine rings is 1. The lowest BCUT2D eigenvalue weighted by molar-refractivity contribution is 0.0518. The van der Waals surface area contributed by atoms with E-state index in [-0.39, 0.29) is 18.2 Å². The van der Waals surface area contributed by atoms with Crippen LogP contribution in [0, 0.1) is 0 Å². The summed E-state index contributed by atoms with van der Waals surface area (Å²) in [5, 5.41) is 7.77. The summed E-state index contributed by atoms with van der Waals surface area (Å²) in [5.74, 6) is -0.393. The molecule has 2 aromatic heterocycles. The molecule has 0 amide bonds. The van der Waals surface area contributed by atoms with Crippen LogP contribution in [-0.2, 0) is 17.2 Å². The third kappa shape index (κ3) is 3.34. The van der Waals surface area contributed by atoms with Crippen molar-refractivity contribution in [3.8, 4) is 0 Å². The van der Waals surface area contributed by atoms with Crippen molar-refractivity contribution >= 4 is 33.5 Å². The van der Waals surface area contributed by atoms with Crippen LogP contribution in [0.15, 0.2) is 22.8 Å². The molecule has 0 saturated carbocycles. The standard InChI is InChI=1S/C12H12BrClN4O2/c1-2-20-12(19)11-10(5-14)18(17-16-11)7-9-4-3-8(13)6-15-9/h3-4,6H,2,5,7H2,1H3. The Hall–Kier alpha value is -1.47. The highest BCUT2D eigenvalue weighted by molar-refractivity contribution is 9.10. The molecule has 0 bridgehead atoms. The summed E-state index contributed by atoms with van der Waals surface area (Å²) < 4.78 is 7.36. The van der Waals surface area contributed by atoms with Gasteiger partial charge in [0.25, 0.3) is 0 Å². The molecular formula is C12H12BrClN4O2. The zero-order chi connectivity index (χ0) is 14.5. The van der Waals surface area contributed by atoms with Crippen molar-refractivity contribution in [3.63, 3.8) is 0 Å². The third-order valence-electron chi connectivity index (χ3n) is 2.53. The number of halogens is 2. The second kappa shape index (κ2) is 6.81. The number of carbonyl (C=O) groups is 1. The van der Waals surface area contributed by atoms with Crippen LogP contribution in [0.25, 0.3) is 0 Å². The molecule has 2 aromatic rings. The largest absolute Gasteiger partial charge is 0.461 e. The van der Waals surface area contributed by atoms with Gasteiger partial charge in [0.05, 0.1) is 30.4 Å². The number of aromatic nitrogens is 4. The molecular weight excluding hydrogens is 348 g/mol. The van der Waals surface area contributed by atoms with E-state index in [1.165, 1.54) is 0 Å². The molecule has 0 aromatic carbocycles. The van der Waals surface area contributed by atoms with Gasteiger partial charge in [-0.05, 0) is 35.0 Å². The van der Waals surface area contributed by atoms with Crippen molar-refractivity contribution in [2.75, 3.05) is 6.61 Å². The Bertz CT molecular complexity index is 600. The number of hydrogen-bond donors (Lipinski definition) is 0. The Labute approximate surface area is 129 Å². The summed E-state index contributed by atoms with van der Waals surface area (Å²) in [6, 6.07) is 3.74. The number of ether oxygens (including phenoxy) is 1. The molecule has 0 fully saturated rings. The van der Waals surface area contributed by atoms with E-state index in [9.17, 15) is 4.79 Å². The molecule has 106 valence electrons. The molecule has 8 heteroatoms. The van der Waals surface area contributed by atoms with Gasteiger partial charge in [-0.15, -0.1) is 16.7 Å². The minimum Gasteiger partial charge on any atom is -0.461 e. The van der Waals surface area contributed by atoms with Crippen LogP contribution in [0.5, 0.6) is 0 Å². The lowest BCUT2D eigenvalue weighted by Gasteiger charge is -2.05. The molecule has 0 saturated heterocycles. The molecule has 0 aliphatic carbocycles. The van der Waals surface area contributed by atoms with Crippen LogP contribution in [0.2, 0.25) is 0 Å². The highest BCUT2D eigenvalue weighted by Crippen LogP contribution is 2.13. The monoisotopic (exact) mass is 358 g/mol. The average Bonchev–Trinajstić information content (AvgIpc) is 2.84. The van der Waals surface area contributed by atoms with Crippen LogP contribution in [0.1, 0.15) is 28.8 Å². The van der Waals surface area contributed by atoms with Crippen LogP contribution in [0.3, 0.4) is 0 Å². The van der Waals surface area contributed by atoms with E-state index in [1.807, 2.05) is 12.1 Å². The fraction of sp³-hybridized carbons (Fsp3) is 0.333. The molecule has 0 aliphatic rings. The molecule has 0 radical (unpaired) electrons. The number of esters is 1. The first-order chi connectivity index (χ1) is 9.65. The molecule has 6 nitrogen and oxygen atoms in total. The number of carbonyl (C=O) groups excluding carboxylic acids is 1. The third-order valence-corrected chi connectivity index (χ3v) is 3.26. The molecule has 0 unspecified atom stereocenters. The smallest absolute Gasteiger partial charge is 0.360 e. The van der Waals surface area contributed by atoms with Gasteiger partial charge in [-0.2, -0.15) is 0 Å². The lowest BCUT2D eigenvalue weighted by Crippen LogP contribution is -2.11. The first kappa shape index (κ1) is 14.9. The van der Waals surface area contributed by atoms with E-state index >= 15 is 0 Å². The first-order valence-electron chi connectivity index (χ1n) is 5.91. The summed E-state index contributed by atoms with van der Waals surface area (Å²) in [5.41, 5.74) is 1.47. The van der Waals surface area contributed by atoms with Crippen molar-refractivity contribution < 1.29 is 9.53 Å². The van der Waals surface area contributed by atoms with Crippen LogP contribution >= 0.6 is 27.5 Å². The summed E-state index contributed by atoms with van der Waals surface area (Å²) in [6.45, 7) is 2.40. The number of rotatable bonds is 5. The van der Waals surface area contributed by atoms with Crippen molar-refractivity contribution in [2.24, 2.45) is 0 Å². The molecule has 0 aliphatic heterocycles. The molecule has 0 spiro atoms. The molecule has 0 atom stereocenters. The van der Waals surface area contributed by atoms with Gasteiger partial charge in [-0.25, -0.2) is 9.48 Å². The summed E-state index contributed by atoms with van der Waals surface area (Å²) in [4.78, 5) is 16.0. The van der Waals surface area contributed by atoms with E-state index in [0.717, 1.165) is 10.2 Å². The predicted octanol–water partition coefficient (Wildman–Crippen LogP) is 2.40. The maximum absolute atomic E-state index is 11.7. The van der Waals surface area contributed by atoms with Gasteiger partial charge in [0, 0.05) is 10.7 Å². The fourth-order valence-corrected chi connectivity index (χ4v) is 2.10. The minimum atomic E-state index is -0.516. The molecule has 0 N–H and O–H groups in total. The van der Waals surface area contributed by atoms with Crippen molar-refractivity contribution in [1.82, 2.24) is 20.0 Å². The highest BCUT2D eigenvalue weighted by atomic mass is 79.9. The Morgan fingerprint density at radius 1 is 1.50 bits per heavy atom. The van der Waals surface area contributed by atoms with Crippen molar-refractivity contribution in [1.29, 1.82) is 0 Å². The van der Waals surface area contributed by atoms with Crippen LogP contribution < -0.4 is 0 Å². The lowest BCUT2D eigenvalue weighted by atomic mass is 10.3. The quantitative estimate of drug-likeness (QED) is 0.605. The molecule has 20 heavy (non-hydrogen) atoms. The first-order valence-corrected chi connectivity index (χ1v) is 7.24. The predicted molar refractivity (Wildman–Crippen MR) is 76.6 cm³/mol. The maximum atomic E-state index is 11.7. The van der Waals surface area contributed by atoms with Crippen LogP contribution in [0.4, 0.5) is 0 Å². The Morgan fingerprint density at radius 3 is 2.90 bits per heavy atom. The average molecular weight is 360 g/mol. The Kier molecular flexibility index (Phi) is 5.08. The summed E-state index contributed by atoms with van der Waals surface area (Å²) in [6.07, 6.45) is 1.69. The summed E-state index contributed by atoms with van der Waals surface area (Å²) >= 11 is 9.20. The van der Waals surface area contributed by atoms with Gasteiger partial charge in [-0.1, -0.05) is 5.21 Å². The van der Waals surface area contributed by atoms with E-state index < -0.39 is 5.97 Å². The van der Waals surface area contributed by atoms with Gasteiger partial charge in [0.2, 0.25) is 0 Å². The topological polar surface area (TPSA) is 69.9 Å². The maximum Gasteiger partial charge on any atom is 0.360 e. The Balaban J connectivity index is 2.24. The Morgan fingerprint density at radius 2 is 2.30 bits per heavy atom. The molecule has 2 heterocycles. The van der Waals surface area contributed by atoms with Gasteiger partial charge in [0.1, 0.15) is 0 Å². The van der Waals surface area contributed by atoms with Gasteiger partial charge >= 0.3 is 5.97 Å². The number of alkyl halides is 1. The second-order valence-electron chi connectivity index (χ2n) is 3.86. The second-order valence-corrected chi connectivity index (χ2v) is 5.05. The highest BCUT2D eigenvalue weighted by Gasteiger charge is 2.20. The van der Waals surface area contributed by atoms with E-state index in [0.29, 0.717) is 12.2 Å². The van der Waals surface area contributed by atoms with Gasteiger partial charge < -0.3 is 4.74 Å². The number of nitrogens with zero attached hydrogens (tertiary/aromatic N) is 4. The summed E-state index contributed by atoms with van der Waals surface area (Å²) in [7, 11) is 0. The van der Waals surface area contributed by atoms with Gasteiger partial charge in [-0.3, -0.25) is 4.98 Å². The zero-order valence-electron chi connectivity index (χ0n) is 10.7. The van der Waals surface area contributed by atoms with Crippen molar-refractivity contribution in [2.45, 2.75) is 19.3 Å². The SMILES string of the molecule is CCOC(=O)c1nnn(Cc2ccc(Br)cn2)c1CCl. The van der Waals surface area contributed by atoms with Crippen molar-refractivity contribution in [3.05, 3.63) is 39.9 Å². The van der Waals surface area contributed by atoms with E-state index in [4.69, 9.17) is 16.3 Å². The van der Waals surface area contributed by atoms with Gasteiger partial charge in [0.15, 0.2) is 5.69 Å². The molecule has 2 rings (SSSR count).